The molecule has 0 aliphatic carbocycles. The van der Waals surface area contributed by atoms with Gasteiger partial charge in [-0.15, -0.1) is 11.3 Å². The maximum absolute atomic E-state index is 12.0. The minimum absolute atomic E-state index is 0.240. The molecule has 0 atom stereocenters. The van der Waals surface area contributed by atoms with Crippen molar-refractivity contribution in [2.75, 3.05) is 0 Å². The summed E-state index contributed by atoms with van der Waals surface area (Å²) in [5.41, 5.74) is 0.857. The number of hydrogen-bond acceptors (Lipinski definition) is 3. The van der Waals surface area contributed by atoms with Crippen molar-refractivity contribution in [3.63, 3.8) is 0 Å². The Morgan fingerprint density at radius 3 is 2.44 bits per heavy atom. The van der Waals surface area contributed by atoms with Crippen LogP contribution in [-0.2, 0) is 16.6 Å². The van der Waals surface area contributed by atoms with Crippen molar-refractivity contribution in [2.24, 2.45) is 0 Å². The summed E-state index contributed by atoms with van der Waals surface area (Å²) < 4.78 is 27.4. The van der Waals surface area contributed by atoms with Gasteiger partial charge in [-0.1, -0.05) is 23.7 Å². The van der Waals surface area contributed by atoms with E-state index in [1.165, 1.54) is 11.3 Å². The monoisotopic (exact) mass is 365 g/mol. The van der Waals surface area contributed by atoms with Crippen molar-refractivity contribution in [2.45, 2.75) is 10.8 Å². The molecule has 0 spiro atoms. The maximum atomic E-state index is 12.0. The first-order chi connectivity index (χ1) is 8.49. The topological polar surface area (TPSA) is 46.2 Å². The van der Waals surface area contributed by atoms with Crippen molar-refractivity contribution in [1.29, 1.82) is 0 Å². The first-order valence-electron chi connectivity index (χ1n) is 4.96. The van der Waals surface area contributed by atoms with Gasteiger partial charge in [0.2, 0.25) is 0 Å². The Morgan fingerprint density at radius 1 is 1.22 bits per heavy atom. The van der Waals surface area contributed by atoms with Crippen LogP contribution in [-0.4, -0.2) is 8.42 Å². The Bertz CT molecular complexity index is 637. The molecule has 0 unspecified atom stereocenters. The van der Waals surface area contributed by atoms with Crippen LogP contribution in [0.1, 0.15) is 5.56 Å². The normalized spacial score (nSPS) is 11.7. The zero-order valence-corrected chi connectivity index (χ0v) is 13.0. The first kappa shape index (κ1) is 14.0. The van der Waals surface area contributed by atoms with Crippen LogP contribution >= 0.6 is 38.9 Å². The molecule has 0 saturated carbocycles. The van der Waals surface area contributed by atoms with Crippen molar-refractivity contribution in [1.82, 2.24) is 4.72 Å². The molecule has 1 aromatic heterocycles. The van der Waals surface area contributed by atoms with Gasteiger partial charge in [0.15, 0.2) is 0 Å². The van der Waals surface area contributed by atoms with Crippen molar-refractivity contribution >= 4 is 48.9 Å². The van der Waals surface area contributed by atoms with Gasteiger partial charge in [0.1, 0.15) is 4.21 Å². The average Bonchev–Trinajstić information content (AvgIpc) is 2.76. The van der Waals surface area contributed by atoms with Crippen LogP contribution in [0.2, 0.25) is 5.02 Å². The van der Waals surface area contributed by atoms with E-state index in [9.17, 15) is 8.42 Å². The van der Waals surface area contributed by atoms with Crippen molar-refractivity contribution in [3.05, 3.63) is 50.8 Å². The fourth-order valence-electron chi connectivity index (χ4n) is 1.32. The van der Waals surface area contributed by atoms with Gasteiger partial charge >= 0.3 is 0 Å². The maximum Gasteiger partial charge on any atom is 0.251 e. The fraction of sp³-hybridized carbons (Fsp3) is 0.0909. The molecule has 0 radical (unpaired) electrons. The van der Waals surface area contributed by atoms with Crippen LogP contribution in [0.3, 0.4) is 0 Å². The van der Waals surface area contributed by atoms with E-state index in [1.54, 1.807) is 35.7 Å². The fourth-order valence-corrected chi connectivity index (χ4v) is 4.84. The van der Waals surface area contributed by atoms with Gasteiger partial charge in [-0.25, -0.2) is 13.1 Å². The molecule has 0 bridgehead atoms. The summed E-state index contributed by atoms with van der Waals surface area (Å²) in [4.78, 5) is 0. The zero-order chi connectivity index (χ0) is 13.2. The quantitative estimate of drug-likeness (QED) is 0.898. The SMILES string of the molecule is O=S(=O)(NCc1ccc(Cl)cc1)c1sccc1Br. The lowest BCUT2D eigenvalue weighted by Crippen LogP contribution is -2.22. The third-order valence-electron chi connectivity index (χ3n) is 2.21. The van der Waals surface area contributed by atoms with Crippen LogP contribution < -0.4 is 4.72 Å². The highest BCUT2D eigenvalue weighted by Gasteiger charge is 2.18. The summed E-state index contributed by atoms with van der Waals surface area (Å²) in [5.74, 6) is 0. The van der Waals surface area contributed by atoms with Gasteiger partial charge in [0.25, 0.3) is 10.0 Å². The molecule has 18 heavy (non-hydrogen) atoms. The Hall–Kier alpha value is -0.400. The minimum Gasteiger partial charge on any atom is -0.206 e. The van der Waals surface area contributed by atoms with Crippen molar-refractivity contribution in [3.8, 4) is 0 Å². The zero-order valence-electron chi connectivity index (χ0n) is 9.06. The number of thiophene rings is 1. The molecule has 0 amide bonds. The molecule has 0 fully saturated rings. The second kappa shape index (κ2) is 5.71. The lowest BCUT2D eigenvalue weighted by Gasteiger charge is -2.05. The molecule has 0 aliphatic heterocycles. The lowest BCUT2D eigenvalue weighted by atomic mass is 10.2. The summed E-state index contributed by atoms with van der Waals surface area (Å²) in [6.07, 6.45) is 0. The first-order valence-corrected chi connectivity index (χ1v) is 8.49. The largest absolute Gasteiger partial charge is 0.251 e. The molecule has 96 valence electrons. The van der Waals surface area contributed by atoms with Gasteiger partial charge in [-0.05, 0) is 45.1 Å². The molecule has 1 heterocycles. The van der Waals surface area contributed by atoms with E-state index in [0.29, 0.717) is 9.50 Å². The second-order valence-electron chi connectivity index (χ2n) is 3.51. The number of sulfonamides is 1. The number of hydrogen-bond donors (Lipinski definition) is 1. The number of benzene rings is 1. The van der Waals surface area contributed by atoms with E-state index in [1.807, 2.05) is 0 Å². The molecule has 7 heteroatoms. The van der Waals surface area contributed by atoms with Gasteiger partial charge in [-0.2, -0.15) is 0 Å². The third kappa shape index (κ3) is 3.33. The van der Waals surface area contributed by atoms with Crippen LogP contribution in [0.5, 0.6) is 0 Å². The predicted molar refractivity (Wildman–Crippen MR) is 77.5 cm³/mol. The highest BCUT2D eigenvalue weighted by Crippen LogP contribution is 2.27. The lowest BCUT2D eigenvalue weighted by molar-refractivity contribution is 0.583. The van der Waals surface area contributed by atoms with E-state index in [-0.39, 0.29) is 10.8 Å². The van der Waals surface area contributed by atoms with Gasteiger partial charge < -0.3 is 0 Å². The highest BCUT2D eigenvalue weighted by atomic mass is 79.9. The van der Waals surface area contributed by atoms with Gasteiger partial charge in [-0.3, -0.25) is 0 Å². The Labute approximate surface area is 123 Å². The molecule has 1 N–H and O–H groups in total. The molecule has 0 saturated heterocycles. The van der Waals surface area contributed by atoms with Crippen LogP contribution in [0.25, 0.3) is 0 Å². The van der Waals surface area contributed by atoms with Gasteiger partial charge in [0, 0.05) is 16.0 Å². The smallest absolute Gasteiger partial charge is 0.206 e. The average molecular weight is 367 g/mol. The van der Waals surface area contributed by atoms with Crippen LogP contribution in [0.15, 0.2) is 44.4 Å². The Morgan fingerprint density at radius 2 is 1.89 bits per heavy atom. The summed E-state index contributed by atoms with van der Waals surface area (Å²) in [6.45, 7) is 0.240. The summed E-state index contributed by atoms with van der Waals surface area (Å²) in [7, 11) is -3.47. The van der Waals surface area contributed by atoms with E-state index in [4.69, 9.17) is 11.6 Å². The standard InChI is InChI=1S/C11H9BrClNO2S2/c12-10-5-6-17-11(10)18(15,16)14-7-8-1-3-9(13)4-2-8/h1-6,14H,7H2. The Kier molecular flexibility index (Phi) is 4.45. The number of halogens is 2. The molecule has 1 aromatic carbocycles. The number of nitrogens with one attached hydrogen (secondary N) is 1. The van der Waals surface area contributed by atoms with Crippen LogP contribution in [0, 0.1) is 0 Å². The van der Waals surface area contributed by atoms with Crippen molar-refractivity contribution < 1.29 is 8.42 Å². The van der Waals surface area contributed by atoms with E-state index in [0.717, 1.165) is 5.56 Å². The second-order valence-corrected chi connectivity index (χ2v) is 7.68. The highest BCUT2D eigenvalue weighted by molar-refractivity contribution is 9.10. The molecule has 0 aliphatic rings. The third-order valence-corrected chi connectivity index (χ3v) is 6.53. The minimum atomic E-state index is -3.47. The molecule has 3 nitrogen and oxygen atoms in total. The Balaban J connectivity index is 2.11. The predicted octanol–water partition coefficient (Wildman–Crippen LogP) is 3.64. The summed E-state index contributed by atoms with van der Waals surface area (Å²) in [6, 6.07) is 8.74. The molecular formula is C11H9BrClNO2S2. The molecular weight excluding hydrogens is 358 g/mol. The summed E-state index contributed by atoms with van der Waals surface area (Å²) >= 11 is 10.1. The van der Waals surface area contributed by atoms with Crippen LogP contribution in [0.4, 0.5) is 0 Å². The molecule has 2 aromatic rings. The van der Waals surface area contributed by atoms with Gasteiger partial charge in [0.05, 0.1) is 0 Å². The van der Waals surface area contributed by atoms with E-state index in [2.05, 4.69) is 20.7 Å². The summed E-state index contributed by atoms with van der Waals surface area (Å²) in [5, 5.41) is 2.35. The number of rotatable bonds is 4. The molecule has 2 rings (SSSR count). The van der Waals surface area contributed by atoms with E-state index < -0.39 is 10.0 Å². The van der Waals surface area contributed by atoms with E-state index >= 15 is 0 Å².